The van der Waals surface area contributed by atoms with Gasteiger partial charge in [0.05, 0.1) is 11.9 Å². The molecule has 0 atom stereocenters. The molecule has 1 aromatic heterocycles. The highest BCUT2D eigenvalue weighted by Crippen LogP contribution is 2.10. The second-order valence-electron chi connectivity index (χ2n) is 2.03. The number of aliphatic hydroxyl groups is 1. The highest BCUT2D eigenvalue weighted by Gasteiger charge is 2.01. The summed E-state index contributed by atoms with van der Waals surface area (Å²) in [4.78, 5) is 0. The van der Waals surface area contributed by atoms with Gasteiger partial charge in [-0.15, -0.1) is 0 Å². The topological polar surface area (TPSA) is 72.3 Å². The average Bonchev–Trinajstić information content (AvgIpc) is 2.31. The van der Waals surface area contributed by atoms with Crippen LogP contribution in [0.25, 0.3) is 0 Å². The number of nitrogens with two attached hydrogens (primary N) is 1. The van der Waals surface area contributed by atoms with Crippen molar-refractivity contribution in [2.45, 2.75) is 12.8 Å². The van der Waals surface area contributed by atoms with Crippen molar-refractivity contribution in [3.8, 4) is 0 Å². The van der Waals surface area contributed by atoms with Crippen molar-refractivity contribution in [2.75, 3.05) is 12.3 Å². The summed E-state index contributed by atoms with van der Waals surface area (Å²) in [5, 5.41) is 11.9. The second-order valence-corrected chi connectivity index (χ2v) is 2.03. The Kier molecular flexibility index (Phi) is 2.28. The van der Waals surface area contributed by atoms with Gasteiger partial charge in [-0.05, 0) is 6.42 Å². The summed E-state index contributed by atoms with van der Waals surface area (Å²) in [6, 6.07) is 0. The van der Waals surface area contributed by atoms with E-state index >= 15 is 0 Å². The molecule has 0 spiro atoms. The lowest BCUT2D eigenvalue weighted by Crippen LogP contribution is -1.91. The highest BCUT2D eigenvalue weighted by molar-refractivity contribution is 5.37. The quantitative estimate of drug-likeness (QED) is 0.631. The summed E-state index contributed by atoms with van der Waals surface area (Å²) in [5.74, 6) is 0.661. The monoisotopic (exact) mass is 142 g/mol. The number of aryl methyl sites for hydroxylation is 1. The minimum absolute atomic E-state index is 0.153. The number of anilines is 1. The van der Waals surface area contributed by atoms with Crippen LogP contribution in [-0.4, -0.2) is 16.9 Å². The van der Waals surface area contributed by atoms with E-state index in [2.05, 4.69) is 5.16 Å². The van der Waals surface area contributed by atoms with Crippen LogP contribution in [0, 0.1) is 0 Å². The molecule has 0 fully saturated rings. The van der Waals surface area contributed by atoms with E-state index in [1.165, 1.54) is 6.20 Å². The largest absolute Gasteiger partial charge is 0.396 e. The first-order chi connectivity index (χ1) is 4.84. The molecule has 0 aliphatic heterocycles. The highest BCUT2D eigenvalue weighted by atomic mass is 16.5. The zero-order chi connectivity index (χ0) is 7.40. The molecule has 0 saturated heterocycles. The van der Waals surface area contributed by atoms with Crippen LogP contribution in [-0.2, 0) is 6.42 Å². The van der Waals surface area contributed by atoms with Gasteiger partial charge in [0.25, 0.3) is 0 Å². The number of nitrogens with zero attached hydrogens (tertiary/aromatic N) is 1. The van der Waals surface area contributed by atoms with Crippen LogP contribution in [0.3, 0.4) is 0 Å². The molecule has 0 aliphatic carbocycles. The molecule has 10 heavy (non-hydrogen) atoms. The van der Waals surface area contributed by atoms with Crippen LogP contribution in [0.1, 0.15) is 12.2 Å². The van der Waals surface area contributed by atoms with Crippen molar-refractivity contribution >= 4 is 5.69 Å². The Labute approximate surface area is 58.6 Å². The second kappa shape index (κ2) is 3.22. The molecule has 1 rings (SSSR count). The summed E-state index contributed by atoms with van der Waals surface area (Å²) in [6.45, 7) is 0.153. The van der Waals surface area contributed by atoms with E-state index in [1.807, 2.05) is 0 Å². The van der Waals surface area contributed by atoms with Gasteiger partial charge < -0.3 is 15.4 Å². The Bertz CT molecular complexity index is 197. The molecule has 4 heteroatoms. The first-order valence-electron chi connectivity index (χ1n) is 3.14. The molecule has 0 unspecified atom stereocenters. The zero-order valence-electron chi connectivity index (χ0n) is 5.58. The molecular weight excluding hydrogens is 132 g/mol. The van der Waals surface area contributed by atoms with Crippen LogP contribution in [0.2, 0.25) is 0 Å². The minimum Gasteiger partial charge on any atom is -0.396 e. The van der Waals surface area contributed by atoms with E-state index in [1.54, 1.807) is 0 Å². The van der Waals surface area contributed by atoms with Crippen molar-refractivity contribution in [2.24, 2.45) is 0 Å². The molecule has 0 aliphatic rings. The molecule has 1 aromatic rings. The molecule has 56 valence electrons. The third-order valence-corrected chi connectivity index (χ3v) is 1.24. The number of aliphatic hydroxyl groups excluding tert-OH is 1. The third-order valence-electron chi connectivity index (χ3n) is 1.24. The van der Waals surface area contributed by atoms with E-state index in [0.29, 0.717) is 24.3 Å². The normalized spacial score (nSPS) is 10.1. The van der Waals surface area contributed by atoms with Crippen LogP contribution in [0.15, 0.2) is 10.7 Å². The maximum absolute atomic E-state index is 8.45. The van der Waals surface area contributed by atoms with Gasteiger partial charge in [-0.3, -0.25) is 0 Å². The Morgan fingerprint density at radius 1 is 1.70 bits per heavy atom. The molecule has 0 aromatic carbocycles. The fourth-order valence-corrected chi connectivity index (χ4v) is 0.701. The third kappa shape index (κ3) is 1.48. The maximum Gasteiger partial charge on any atom is 0.159 e. The van der Waals surface area contributed by atoms with E-state index in [0.717, 1.165) is 0 Å². The number of hydrogen-bond acceptors (Lipinski definition) is 4. The zero-order valence-corrected chi connectivity index (χ0v) is 5.58. The Hall–Kier alpha value is -1.03. The van der Waals surface area contributed by atoms with Gasteiger partial charge >= 0.3 is 0 Å². The summed E-state index contributed by atoms with van der Waals surface area (Å²) >= 11 is 0. The summed E-state index contributed by atoms with van der Waals surface area (Å²) < 4.78 is 4.78. The van der Waals surface area contributed by atoms with Gasteiger partial charge in [0.2, 0.25) is 0 Å². The van der Waals surface area contributed by atoms with Gasteiger partial charge in [-0.1, -0.05) is 5.16 Å². The van der Waals surface area contributed by atoms with Gasteiger partial charge in [-0.2, -0.15) is 0 Å². The van der Waals surface area contributed by atoms with Crippen molar-refractivity contribution in [3.05, 3.63) is 12.0 Å². The van der Waals surface area contributed by atoms with Gasteiger partial charge in [0, 0.05) is 13.0 Å². The van der Waals surface area contributed by atoms with Crippen molar-refractivity contribution in [1.82, 2.24) is 5.16 Å². The predicted octanol–water partition coefficient (Wildman–Crippen LogP) is 0.182. The summed E-state index contributed by atoms with van der Waals surface area (Å²) in [6.07, 6.45) is 2.79. The molecular formula is C6H10N2O2. The molecule has 0 bridgehead atoms. The average molecular weight is 142 g/mol. The predicted molar refractivity (Wildman–Crippen MR) is 36.3 cm³/mol. The van der Waals surface area contributed by atoms with Gasteiger partial charge in [0.1, 0.15) is 0 Å². The first kappa shape index (κ1) is 7.08. The molecule has 4 nitrogen and oxygen atoms in total. The minimum atomic E-state index is 0.153. The summed E-state index contributed by atoms with van der Waals surface area (Å²) in [7, 11) is 0. The fourth-order valence-electron chi connectivity index (χ4n) is 0.701. The molecule has 1 heterocycles. The van der Waals surface area contributed by atoms with Crippen LogP contribution < -0.4 is 5.73 Å². The lowest BCUT2D eigenvalue weighted by Gasteiger charge is -1.91. The van der Waals surface area contributed by atoms with E-state index in [4.69, 9.17) is 15.4 Å². The van der Waals surface area contributed by atoms with Crippen molar-refractivity contribution in [3.63, 3.8) is 0 Å². The smallest absolute Gasteiger partial charge is 0.159 e. The van der Waals surface area contributed by atoms with Crippen molar-refractivity contribution < 1.29 is 9.63 Å². The Morgan fingerprint density at radius 3 is 3.00 bits per heavy atom. The van der Waals surface area contributed by atoms with E-state index < -0.39 is 0 Å². The van der Waals surface area contributed by atoms with Crippen molar-refractivity contribution in [1.29, 1.82) is 0 Å². The fraction of sp³-hybridized carbons (Fsp3) is 0.500. The standard InChI is InChI=1S/C6H10N2O2/c7-5-4-8-10-6(5)2-1-3-9/h4,9H,1-3,7H2. The summed E-state index contributed by atoms with van der Waals surface area (Å²) in [5.41, 5.74) is 6.01. The molecule has 0 saturated carbocycles. The van der Waals surface area contributed by atoms with E-state index in [-0.39, 0.29) is 6.61 Å². The van der Waals surface area contributed by atoms with Crippen LogP contribution in [0.4, 0.5) is 5.69 Å². The molecule has 0 radical (unpaired) electrons. The Balaban J connectivity index is 2.49. The lowest BCUT2D eigenvalue weighted by atomic mass is 10.2. The van der Waals surface area contributed by atoms with Crippen LogP contribution >= 0.6 is 0 Å². The molecule has 0 amide bonds. The first-order valence-corrected chi connectivity index (χ1v) is 3.14. The van der Waals surface area contributed by atoms with E-state index in [9.17, 15) is 0 Å². The lowest BCUT2D eigenvalue weighted by molar-refractivity contribution is 0.280. The SMILES string of the molecule is Nc1cnoc1CCCO. The number of rotatable bonds is 3. The molecule has 3 N–H and O–H groups in total. The van der Waals surface area contributed by atoms with Gasteiger partial charge in [0.15, 0.2) is 5.76 Å². The Morgan fingerprint density at radius 2 is 2.50 bits per heavy atom. The number of hydrogen-bond donors (Lipinski definition) is 2. The maximum atomic E-state index is 8.45. The number of aromatic nitrogens is 1. The van der Waals surface area contributed by atoms with Gasteiger partial charge in [-0.25, -0.2) is 0 Å². The van der Waals surface area contributed by atoms with Crippen LogP contribution in [0.5, 0.6) is 0 Å². The number of nitrogen functional groups attached to an aromatic ring is 1.